The Kier molecular flexibility index (Phi) is 4.21. The Balaban J connectivity index is 2.34. The lowest BCUT2D eigenvalue weighted by atomic mass is 10.0. The highest BCUT2D eigenvalue weighted by Crippen LogP contribution is 2.27. The highest BCUT2D eigenvalue weighted by Gasteiger charge is 2.28. The van der Waals surface area contributed by atoms with Gasteiger partial charge in [-0.3, -0.25) is 4.79 Å². The van der Waals surface area contributed by atoms with E-state index in [1.165, 1.54) is 30.6 Å². The Bertz CT molecular complexity index is 640. The molecular weight excluding hydrogens is 285 g/mol. The van der Waals surface area contributed by atoms with E-state index in [-0.39, 0.29) is 5.75 Å². The van der Waals surface area contributed by atoms with Crippen LogP contribution in [-0.4, -0.2) is 29.0 Å². The average Bonchev–Trinajstić information content (AvgIpc) is 2.45. The van der Waals surface area contributed by atoms with Crippen LogP contribution in [-0.2, 0) is 0 Å². The molecule has 0 fully saturated rings. The summed E-state index contributed by atoms with van der Waals surface area (Å²) in [6.07, 6.45) is -0.810. The molecule has 0 amide bonds. The van der Waals surface area contributed by atoms with Crippen molar-refractivity contribution in [3.63, 3.8) is 0 Å². The average molecular weight is 296 g/mol. The van der Waals surface area contributed by atoms with Gasteiger partial charge in [0, 0.05) is 23.5 Å². The second kappa shape index (κ2) is 5.90. The van der Waals surface area contributed by atoms with Crippen LogP contribution in [0.4, 0.5) is 13.2 Å². The lowest BCUT2D eigenvalue weighted by Gasteiger charge is -2.11. The highest BCUT2D eigenvalue weighted by molar-refractivity contribution is 5.87. The number of aryl methyl sites for hydroxylation is 1. The fraction of sp³-hybridized carbons (Fsp3) is 0.214. The van der Waals surface area contributed by atoms with E-state index < -0.39 is 12.8 Å². The summed E-state index contributed by atoms with van der Waals surface area (Å²) in [6.45, 7) is 0.310. The summed E-state index contributed by atoms with van der Waals surface area (Å²) in [6, 6.07) is 4.07. The fourth-order valence-corrected chi connectivity index (χ4v) is 1.67. The Morgan fingerprint density at radius 1 is 1.24 bits per heavy atom. The molecule has 0 atom stereocenters. The molecule has 0 N–H and O–H groups in total. The molecule has 21 heavy (non-hydrogen) atoms. The van der Waals surface area contributed by atoms with Gasteiger partial charge in [-0.05, 0) is 30.7 Å². The lowest BCUT2D eigenvalue weighted by molar-refractivity contribution is -0.153. The van der Waals surface area contributed by atoms with Crippen LogP contribution in [0.3, 0.4) is 0 Å². The largest absolute Gasteiger partial charge is 0.484 e. The van der Waals surface area contributed by atoms with Gasteiger partial charge in [0.1, 0.15) is 11.6 Å². The first kappa shape index (κ1) is 15.0. The van der Waals surface area contributed by atoms with E-state index in [2.05, 4.69) is 14.7 Å². The molecule has 1 aromatic carbocycles. The number of halogens is 3. The van der Waals surface area contributed by atoms with Crippen molar-refractivity contribution in [1.82, 2.24) is 9.97 Å². The molecule has 0 radical (unpaired) electrons. The summed E-state index contributed by atoms with van der Waals surface area (Å²) >= 11 is 0. The first-order valence-corrected chi connectivity index (χ1v) is 5.97. The molecule has 0 aliphatic rings. The van der Waals surface area contributed by atoms with Gasteiger partial charge in [0.15, 0.2) is 12.9 Å². The molecule has 2 rings (SSSR count). The van der Waals surface area contributed by atoms with Gasteiger partial charge in [0.25, 0.3) is 0 Å². The van der Waals surface area contributed by atoms with Gasteiger partial charge in [-0.1, -0.05) is 0 Å². The molecule has 4 nitrogen and oxygen atoms in total. The van der Waals surface area contributed by atoms with Gasteiger partial charge in [-0.25, -0.2) is 9.97 Å². The maximum Gasteiger partial charge on any atom is 0.422 e. The highest BCUT2D eigenvalue weighted by atomic mass is 19.4. The number of carbonyl (C=O) groups is 1. The van der Waals surface area contributed by atoms with Crippen LogP contribution in [0.2, 0.25) is 0 Å². The normalized spacial score (nSPS) is 11.2. The number of rotatable bonds is 4. The smallest absolute Gasteiger partial charge is 0.422 e. The summed E-state index contributed by atoms with van der Waals surface area (Å²) in [5.41, 5.74) is 1.27. The topological polar surface area (TPSA) is 52.1 Å². The number of alkyl halides is 3. The van der Waals surface area contributed by atoms with Crippen LogP contribution in [0.5, 0.6) is 5.75 Å². The Hall–Kier alpha value is -2.44. The van der Waals surface area contributed by atoms with E-state index in [1.807, 2.05) is 0 Å². The minimum atomic E-state index is -4.42. The van der Waals surface area contributed by atoms with Gasteiger partial charge in [-0.15, -0.1) is 0 Å². The van der Waals surface area contributed by atoms with Crippen molar-refractivity contribution in [2.24, 2.45) is 0 Å². The van der Waals surface area contributed by atoms with Crippen LogP contribution < -0.4 is 4.74 Å². The van der Waals surface area contributed by atoms with Gasteiger partial charge in [-0.2, -0.15) is 13.2 Å². The van der Waals surface area contributed by atoms with E-state index in [9.17, 15) is 18.0 Å². The third-order valence-electron chi connectivity index (χ3n) is 2.65. The Morgan fingerprint density at radius 3 is 2.48 bits per heavy atom. The molecule has 1 heterocycles. The zero-order valence-corrected chi connectivity index (χ0v) is 11.0. The standard InChI is InChI=1S/C14H11F3N2O2/c1-9-18-5-11(6-19-9)13-4-12(3-2-10(13)7-20)21-8-14(15,16)17/h2-7H,8H2,1H3. The molecule has 0 bridgehead atoms. The van der Waals surface area contributed by atoms with Gasteiger partial charge >= 0.3 is 6.18 Å². The fourth-order valence-electron chi connectivity index (χ4n) is 1.67. The molecule has 7 heteroatoms. The second-order valence-corrected chi connectivity index (χ2v) is 4.29. The molecule has 0 unspecified atom stereocenters. The third-order valence-corrected chi connectivity index (χ3v) is 2.65. The molecule has 0 spiro atoms. The summed E-state index contributed by atoms with van der Waals surface area (Å²) in [5.74, 6) is 0.573. The van der Waals surface area contributed by atoms with Crippen molar-refractivity contribution in [1.29, 1.82) is 0 Å². The van der Waals surface area contributed by atoms with Crippen LogP contribution in [0.25, 0.3) is 11.1 Å². The zero-order chi connectivity index (χ0) is 15.5. The third kappa shape index (κ3) is 4.01. The predicted octanol–water partition coefficient (Wildman–Crippen LogP) is 3.21. The maximum atomic E-state index is 12.2. The van der Waals surface area contributed by atoms with E-state index >= 15 is 0 Å². The number of nitrogens with zero attached hydrogens (tertiary/aromatic N) is 2. The zero-order valence-electron chi connectivity index (χ0n) is 11.0. The lowest BCUT2D eigenvalue weighted by Crippen LogP contribution is -2.19. The van der Waals surface area contributed by atoms with Gasteiger partial charge in [0.05, 0.1) is 0 Å². The number of carbonyl (C=O) groups excluding carboxylic acids is 1. The van der Waals surface area contributed by atoms with Crippen molar-refractivity contribution in [2.45, 2.75) is 13.1 Å². The molecule has 0 aliphatic heterocycles. The minimum Gasteiger partial charge on any atom is -0.484 e. The first-order valence-electron chi connectivity index (χ1n) is 5.97. The van der Waals surface area contributed by atoms with E-state index in [1.54, 1.807) is 6.92 Å². The number of hydrogen-bond donors (Lipinski definition) is 0. The van der Waals surface area contributed by atoms with Gasteiger partial charge in [0.2, 0.25) is 0 Å². The molecule has 1 aromatic heterocycles. The molecule has 0 saturated carbocycles. The number of aromatic nitrogens is 2. The number of aldehydes is 1. The minimum absolute atomic E-state index is 0.0218. The SMILES string of the molecule is Cc1ncc(-c2cc(OCC(F)(F)F)ccc2C=O)cn1. The number of benzene rings is 1. The van der Waals surface area contributed by atoms with E-state index in [0.717, 1.165) is 0 Å². The van der Waals surface area contributed by atoms with E-state index in [4.69, 9.17) is 0 Å². The van der Waals surface area contributed by atoms with Crippen molar-refractivity contribution >= 4 is 6.29 Å². The Morgan fingerprint density at radius 2 is 1.90 bits per heavy atom. The number of hydrogen-bond acceptors (Lipinski definition) is 4. The molecule has 0 aliphatic carbocycles. The second-order valence-electron chi connectivity index (χ2n) is 4.29. The maximum absolute atomic E-state index is 12.2. The predicted molar refractivity (Wildman–Crippen MR) is 69.1 cm³/mol. The van der Waals surface area contributed by atoms with Crippen molar-refractivity contribution in [3.05, 3.63) is 42.0 Å². The molecule has 2 aromatic rings. The summed E-state index contributed by atoms with van der Waals surface area (Å²) in [7, 11) is 0. The van der Waals surface area contributed by atoms with Crippen LogP contribution in [0.1, 0.15) is 16.2 Å². The van der Waals surface area contributed by atoms with Crippen molar-refractivity contribution in [2.75, 3.05) is 6.61 Å². The molecular formula is C14H11F3N2O2. The first-order chi connectivity index (χ1) is 9.89. The van der Waals surface area contributed by atoms with E-state index in [0.29, 0.717) is 28.8 Å². The van der Waals surface area contributed by atoms with Crippen LogP contribution in [0.15, 0.2) is 30.6 Å². The van der Waals surface area contributed by atoms with Crippen LogP contribution >= 0.6 is 0 Å². The quantitative estimate of drug-likeness (QED) is 0.813. The summed E-state index contributed by atoms with van der Waals surface area (Å²) in [4.78, 5) is 19.0. The molecule has 110 valence electrons. The molecule has 0 saturated heterocycles. The Labute approximate surface area is 118 Å². The number of ether oxygens (including phenoxy) is 1. The summed E-state index contributed by atoms with van der Waals surface area (Å²) < 4.78 is 41.1. The van der Waals surface area contributed by atoms with Crippen LogP contribution in [0, 0.1) is 6.92 Å². The monoisotopic (exact) mass is 296 g/mol. The summed E-state index contributed by atoms with van der Waals surface area (Å²) in [5, 5.41) is 0. The van der Waals surface area contributed by atoms with Gasteiger partial charge < -0.3 is 4.74 Å². The van der Waals surface area contributed by atoms with Crippen molar-refractivity contribution < 1.29 is 22.7 Å². The van der Waals surface area contributed by atoms with Crippen molar-refractivity contribution in [3.8, 4) is 16.9 Å².